The number of carbonyl (C=O) groups is 1. The third kappa shape index (κ3) is 5.60. The molecule has 5 nitrogen and oxygen atoms in total. The summed E-state index contributed by atoms with van der Waals surface area (Å²) in [4.78, 5) is 12.4. The summed E-state index contributed by atoms with van der Waals surface area (Å²) in [6.45, 7) is 4.30. The molecule has 8 heteroatoms. The average Bonchev–Trinajstić information content (AvgIpc) is 3.08. The Morgan fingerprint density at radius 1 is 1.20 bits per heavy atom. The molecule has 30 heavy (non-hydrogen) atoms. The van der Waals surface area contributed by atoms with Gasteiger partial charge < -0.3 is 5.32 Å². The highest BCUT2D eigenvalue weighted by Crippen LogP contribution is 2.18. The van der Waals surface area contributed by atoms with Gasteiger partial charge in [0.15, 0.2) is 22.2 Å². The van der Waals surface area contributed by atoms with Crippen LogP contribution in [0, 0.1) is 23.3 Å². The van der Waals surface area contributed by atoms with Gasteiger partial charge in [0, 0.05) is 24.6 Å². The Hall–Kier alpha value is -2.87. The fourth-order valence-corrected chi connectivity index (χ4v) is 3.38. The summed E-state index contributed by atoms with van der Waals surface area (Å²) in [5, 5.41) is 10.0. The first-order valence-corrected chi connectivity index (χ1v) is 10.2. The second-order valence-corrected chi connectivity index (χ2v) is 7.76. The number of rotatable bonds is 8. The molecule has 2 aromatic carbocycles. The number of H-pyrrole nitrogens is 1. The minimum Gasteiger partial charge on any atom is -0.354 e. The molecule has 2 N–H and O–H groups in total. The summed E-state index contributed by atoms with van der Waals surface area (Å²) in [5.74, 6) is -1.13. The van der Waals surface area contributed by atoms with Crippen LogP contribution in [0.25, 0.3) is 11.4 Å². The van der Waals surface area contributed by atoms with E-state index in [1.165, 1.54) is 6.07 Å². The van der Waals surface area contributed by atoms with Crippen LogP contribution in [0.2, 0.25) is 0 Å². The van der Waals surface area contributed by atoms with Crippen LogP contribution in [-0.4, -0.2) is 26.7 Å². The van der Waals surface area contributed by atoms with Gasteiger partial charge in [-0.2, -0.15) is 5.10 Å². The molecule has 0 spiro atoms. The Labute approximate surface area is 179 Å². The molecule has 158 valence electrons. The van der Waals surface area contributed by atoms with Gasteiger partial charge in [-0.05, 0) is 56.6 Å². The first kappa shape index (κ1) is 21.8. The van der Waals surface area contributed by atoms with Gasteiger partial charge in [-0.15, -0.1) is 0 Å². The summed E-state index contributed by atoms with van der Waals surface area (Å²) in [6.07, 6.45) is 1.42. The highest BCUT2D eigenvalue weighted by molar-refractivity contribution is 7.71. The van der Waals surface area contributed by atoms with Crippen LogP contribution in [0.1, 0.15) is 30.9 Å². The number of benzene rings is 2. The number of carbonyl (C=O) groups excluding carboxylic acids is 1. The minimum absolute atomic E-state index is 0.0977. The van der Waals surface area contributed by atoms with E-state index in [0.29, 0.717) is 35.5 Å². The zero-order valence-corrected chi connectivity index (χ0v) is 17.7. The molecule has 0 saturated carbocycles. The Bertz CT molecular complexity index is 1080. The standard InChI is InChI=1S/C22H24F2N4OS/c1-14-3-8-17(9-4-14)21-26-27-22(30)28(21)12-11-20(29)25-15(2)5-6-16-7-10-18(23)19(24)13-16/h3-4,7-10,13,15H,5-6,11-12H2,1-2H3,(H,25,29)(H,27,30). The van der Waals surface area contributed by atoms with Crippen LogP contribution in [0.3, 0.4) is 0 Å². The number of amides is 1. The smallest absolute Gasteiger partial charge is 0.222 e. The molecule has 1 aromatic heterocycles. The molecule has 3 aromatic rings. The van der Waals surface area contributed by atoms with E-state index in [9.17, 15) is 13.6 Å². The van der Waals surface area contributed by atoms with E-state index in [1.54, 1.807) is 6.07 Å². The number of aryl methyl sites for hydroxylation is 2. The maximum atomic E-state index is 13.3. The van der Waals surface area contributed by atoms with Crippen molar-refractivity contribution < 1.29 is 13.6 Å². The third-order valence-electron chi connectivity index (χ3n) is 4.89. The van der Waals surface area contributed by atoms with Crippen molar-refractivity contribution in [2.45, 2.75) is 45.7 Å². The van der Waals surface area contributed by atoms with Gasteiger partial charge in [0.2, 0.25) is 5.91 Å². The largest absolute Gasteiger partial charge is 0.354 e. The number of halogens is 2. The van der Waals surface area contributed by atoms with Crippen molar-refractivity contribution in [1.82, 2.24) is 20.1 Å². The second kappa shape index (κ2) is 9.75. The first-order valence-electron chi connectivity index (χ1n) is 9.79. The van der Waals surface area contributed by atoms with Crippen molar-refractivity contribution in [2.24, 2.45) is 0 Å². The molecule has 3 rings (SSSR count). The van der Waals surface area contributed by atoms with Crippen molar-refractivity contribution in [3.05, 3.63) is 70.0 Å². The summed E-state index contributed by atoms with van der Waals surface area (Å²) < 4.78 is 28.6. The molecule has 0 bridgehead atoms. The van der Waals surface area contributed by atoms with Crippen LogP contribution in [0.15, 0.2) is 42.5 Å². The molecule has 1 atom stereocenters. The fourth-order valence-electron chi connectivity index (χ4n) is 3.16. The predicted molar refractivity (Wildman–Crippen MR) is 114 cm³/mol. The zero-order valence-electron chi connectivity index (χ0n) is 16.9. The van der Waals surface area contributed by atoms with E-state index in [4.69, 9.17) is 12.2 Å². The lowest BCUT2D eigenvalue weighted by atomic mass is 10.1. The predicted octanol–water partition coefficient (Wildman–Crippen LogP) is 4.72. The molecular formula is C22H24F2N4OS. The first-order chi connectivity index (χ1) is 14.3. The Balaban J connectivity index is 1.53. The molecule has 0 aliphatic rings. The summed E-state index contributed by atoms with van der Waals surface area (Å²) in [5.41, 5.74) is 2.77. The number of aromatic nitrogens is 3. The monoisotopic (exact) mass is 430 g/mol. The lowest BCUT2D eigenvalue weighted by Gasteiger charge is -2.14. The number of aromatic amines is 1. The Kier molecular flexibility index (Phi) is 7.10. The molecule has 0 aliphatic carbocycles. The van der Waals surface area contributed by atoms with Crippen LogP contribution in [0.5, 0.6) is 0 Å². The van der Waals surface area contributed by atoms with Crippen molar-refractivity contribution in [1.29, 1.82) is 0 Å². The molecule has 1 amide bonds. The second-order valence-electron chi connectivity index (χ2n) is 7.38. The summed E-state index contributed by atoms with van der Waals surface area (Å²) in [7, 11) is 0. The van der Waals surface area contributed by atoms with Gasteiger partial charge in [-0.1, -0.05) is 35.9 Å². The summed E-state index contributed by atoms with van der Waals surface area (Å²) in [6, 6.07) is 11.7. The van der Waals surface area contributed by atoms with Gasteiger partial charge in [-0.3, -0.25) is 14.5 Å². The van der Waals surface area contributed by atoms with Crippen LogP contribution in [0.4, 0.5) is 8.78 Å². The molecule has 1 unspecified atom stereocenters. The Morgan fingerprint density at radius 2 is 1.93 bits per heavy atom. The maximum Gasteiger partial charge on any atom is 0.222 e. The number of hydrogen-bond donors (Lipinski definition) is 2. The third-order valence-corrected chi connectivity index (χ3v) is 5.20. The highest BCUT2D eigenvalue weighted by Gasteiger charge is 2.13. The SMILES string of the molecule is Cc1ccc(-c2n[nH]c(=S)n2CCC(=O)NC(C)CCc2ccc(F)c(F)c2)cc1. The molecule has 1 heterocycles. The number of nitrogens with one attached hydrogen (secondary N) is 2. The van der Waals surface area contributed by atoms with E-state index in [2.05, 4.69) is 15.5 Å². The van der Waals surface area contributed by atoms with E-state index in [-0.39, 0.29) is 18.4 Å². The van der Waals surface area contributed by atoms with Gasteiger partial charge in [-0.25, -0.2) is 8.78 Å². The van der Waals surface area contributed by atoms with E-state index in [0.717, 1.165) is 17.2 Å². The van der Waals surface area contributed by atoms with Gasteiger partial charge in [0.1, 0.15) is 0 Å². The zero-order chi connectivity index (χ0) is 21.7. The molecule has 0 aliphatic heterocycles. The lowest BCUT2D eigenvalue weighted by molar-refractivity contribution is -0.121. The fraction of sp³-hybridized carbons (Fsp3) is 0.318. The van der Waals surface area contributed by atoms with Crippen molar-refractivity contribution in [2.75, 3.05) is 0 Å². The van der Waals surface area contributed by atoms with Crippen molar-refractivity contribution >= 4 is 18.1 Å². The van der Waals surface area contributed by atoms with E-state index < -0.39 is 11.6 Å². The average molecular weight is 431 g/mol. The normalized spacial score (nSPS) is 12.0. The van der Waals surface area contributed by atoms with Crippen molar-refractivity contribution in [3.8, 4) is 11.4 Å². The van der Waals surface area contributed by atoms with Crippen LogP contribution < -0.4 is 5.32 Å². The molecule has 0 saturated heterocycles. The summed E-state index contributed by atoms with van der Waals surface area (Å²) >= 11 is 5.31. The maximum absolute atomic E-state index is 13.3. The molecule has 0 radical (unpaired) electrons. The number of nitrogens with zero attached hydrogens (tertiary/aromatic N) is 2. The van der Waals surface area contributed by atoms with Crippen molar-refractivity contribution in [3.63, 3.8) is 0 Å². The lowest BCUT2D eigenvalue weighted by Crippen LogP contribution is -2.33. The van der Waals surface area contributed by atoms with Crippen LogP contribution >= 0.6 is 12.2 Å². The van der Waals surface area contributed by atoms with Crippen LogP contribution in [-0.2, 0) is 17.8 Å². The van der Waals surface area contributed by atoms with Gasteiger partial charge in [0.25, 0.3) is 0 Å². The Morgan fingerprint density at radius 3 is 2.63 bits per heavy atom. The quantitative estimate of drug-likeness (QED) is 0.508. The van der Waals surface area contributed by atoms with E-state index >= 15 is 0 Å². The minimum atomic E-state index is -0.858. The molecular weight excluding hydrogens is 406 g/mol. The van der Waals surface area contributed by atoms with E-state index in [1.807, 2.05) is 42.7 Å². The van der Waals surface area contributed by atoms with Gasteiger partial charge >= 0.3 is 0 Å². The number of hydrogen-bond acceptors (Lipinski definition) is 3. The topological polar surface area (TPSA) is 62.7 Å². The molecule has 0 fully saturated rings. The van der Waals surface area contributed by atoms with Gasteiger partial charge in [0.05, 0.1) is 0 Å². The highest BCUT2D eigenvalue weighted by atomic mass is 32.1.